The number of nitriles is 1. The Morgan fingerprint density at radius 3 is 2.39 bits per heavy atom. The molecule has 0 heterocycles. The van der Waals surface area contributed by atoms with Crippen LogP contribution in [0.5, 0.6) is 5.75 Å². The van der Waals surface area contributed by atoms with Crippen LogP contribution in [0.25, 0.3) is 6.08 Å². The van der Waals surface area contributed by atoms with E-state index in [0.717, 1.165) is 0 Å². The Morgan fingerprint density at radius 1 is 0.970 bits per heavy atom. The topological polar surface area (TPSA) is 134 Å². The van der Waals surface area contributed by atoms with Gasteiger partial charge in [0.25, 0.3) is 17.5 Å². The van der Waals surface area contributed by atoms with Gasteiger partial charge in [-0.3, -0.25) is 19.7 Å². The van der Waals surface area contributed by atoms with Crippen molar-refractivity contribution in [1.82, 2.24) is 0 Å². The van der Waals surface area contributed by atoms with E-state index in [9.17, 15) is 25.0 Å². The lowest BCUT2D eigenvalue weighted by Crippen LogP contribution is -2.20. The van der Waals surface area contributed by atoms with Crippen LogP contribution in [0.1, 0.15) is 5.56 Å². The first-order chi connectivity index (χ1) is 16.0. The van der Waals surface area contributed by atoms with Gasteiger partial charge >= 0.3 is 0 Å². The molecule has 0 unspecified atom stereocenters. The zero-order valence-corrected chi connectivity index (χ0v) is 17.2. The molecule has 0 aliphatic carbocycles. The summed E-state index contributed by atoms with van der Waals surface area (Å²) in [6.45, 7) is -0.276. The molecule has 0 aliphatic rings. The van der Waals surface area contributed by atoms with E-state index >= 15 is 0 Å². The Balaban J connectivity index is 1.71. The molecule has 0 aromatic heterocycles. The van der Waals surface area contributed by atoms with Gasteiger partial charge < -0.3 is 15.4 Å². The minimum absolute atomic E-state index is 0.178. The molecule has 0 radical (unpaired) electrons. The zero-order valence-electron chi connectivity index (χ0n) is 17.2. The number of hydrogen-bond donors (Lipinski definition) is 2. The number of rotatable bonds is 8. The van der Waals surface area contributed by atoms with Gasteiger partial charge in [0.1, 0.15) is 17.4 Å². The fourth-order valence-electron chi connectivity index (χ4n) is 2.79. The molecule has 0 atom stereocenters. The molecule has 2 N–H and O–H groups in total. The SMILES string of the molecule is N#C/C(=C\c1ccccc1OCC(=O)Nc1ccccc1)C(=O)Nc1cccc([N+](=O)[O-])c1. The lowest BCUT2D eigenvalue weighted by atomic mass is 10.1. The summed E-state index contributed by atoms with van der Waals surface area (Å²) in [5.41, 5.74) is 0.784. The zero-order chi connectivity index (χ0) is 23.6. The molecule has 0 aliphatic heterocycles. The highest BCUT2D eigenvalue weighted by Gasteiger charge is 2.14. The third-order valence-corrected chi connectivity index (χ3v) is 4.32. The number of benzene rings is 3. The summed E-state index contributed by atoms with van der Waals surface area (Å²) in [6, 6.07) is 22.7. The van der Waals surface area contributed by atoms with Crippen molar-refractivity contribution in [3.05, 3.63) is 100 Å². The predicted octanol–water partition coefficient (Wildman–Crippen LogP) is 4.16. The van der Waals surface area contributed by atoms with E-state index < -0.39 is 10.8 Å². The van der Waals surface area contributed by atoms with Crippen LogP contribution in [-0.4, -0.2) is 23.3 Å². The summed E-state index contributed by atoms with van der Waals surface area (Å²) < 4.78 is 5.58. The lowest BCUT2D eigenvalue weighted by Gasteiger charge is -2.10. The van der Waals surface area contributed by atoms with Crippen LogP contribution in [0, 0.1) is 21.4 Å². The molecule has 3 aromatic carbocycles. The number of nitrogens with one attached hydrogen (secondary N) is 2. The number of ether oxygens (including phenoxy) is 1. The van der Waals surface area contributed by atoms with Crippen molar-refractivity contribution < 1.29 is 19.2 Å². The average molecular weight is 442 g/mol. The van der Waals surface area contributed by atoms with Gasteiger partial charge in [0.05, 0.1) is 4.92 Å². The number of carbonyl (C=O) groups is 2. The summed E-state index contributed by atoms with van der Waals surface area (Å²) in [7, 11) is 0. The second kappa shape index (κ2) is 10.9. The number of non-ortho nitro benzene ring substituents is 1. The maximum Gasteiger partial charge on any atom is 0.271 e. The van der Waals surface area contributed by atoms with Crippen molar-refractivity contribution in [1.29, 1.82) is 5.26 Å². The quantitative estimate of drug-likeness (QED) is 0.233. The Hall–Kier alpha value is -4.97. The first-order valence-corrected chi connectivity index (χ1v) is 9.70. The Kier molecular flexibility index (Phi) is 7.49. The van der Waals surface area contributed by atoms with E-state index in [2.05, 4.69) is 10.6 Å². The number of nitrogens with zero attached hydrogens (tertiary/aromatic N) is 2. The van der Waals surface area contributed by atoms with Crippen molar-refractivity contribution in [2.45, 2.75) is 0 Å². The van der Waals surface area contributed by atoms with Gasteiger partial charge in [0.2, 0.25) is 0 Å². The molecule has 0 saturated heterocycles. The van der Waals surface area contributed by atoms with Crippen molar-refractivity contribution in [2.75, 3.05) is 17.2 Å². The van der Waals surface area contributed by atoms with E-state index in [1.165, 1.54) is 30.3 Å². The van der Waals surface area contributed by atoms with Crippen molar-refractivity contribution in [3.63, 3.8) is 0 Å². The first kappa shape index (κ1) is 22.7. The van der Waals surface area contributed by atoms with Crippen LogP contribution in [-0.2, 0) is 9.59 Å². The second-order valence-corrected chi connectivity index (χ2v) is 6.67. The molecule has 0 spiro atoms. The summed E-state index contributed by atoms with van der Waals surface area (Å²) in [4.78, 5) is 35.0. The van der Waals surface area contributed by atoms with E-state index in [4.69, 9.17) is 4.74 Å². The third-order valence-electron chi connectivity index (χ3n) is 4.32. The molecule has 2 amide bonds. The number of hydrogen-bond acceptors (Lipinski definition) is 6. The highest BCUT2D eigenvalue weighted by Crippen LogP contribution is 2.22. The molecule has 0 saturated carbocycles. The highest BCUT2D eigenvalue weighted by molar-refractivity contribution is 6.10. The number of anilines is 2. The Labute approximate surface area is 189 Å². The van der Waals surface area contributed by atoms with Crippen LogP contribution in [0.3, 0.4) is 0 Å². The fraction of sp³-hybridized carbons (Fsp3) is 0.0417. The van der Waals surface area contributed by atoms with Crippen molar-refractivity contribution in [3.8, 4) is 11.8 Å². The Morgan fingerprint density at radius 2 is 1.67 bits per heavy atom. The standard InChI is InChI=1S/C24H18N4O5/c25-15-18(24(30)27-20-10-6-11-21(14-20)28(31)32)13-17-7-4-5-12-22(17)33-16-23(29)26-19-8-2-1-3-9-19/h1-14H,16H2,(H,26,29)(H,27,30)/b18-13+. The normalized spacial score (nSPS) is 10.6. The van der Waals surface area contributed by atoms with E-state index in [0.29, 0.717) is 17.0 Å². The smallest absolute Gasteiger partial charge is 0.271 e. The average Bonchev–Trinajstić information content (AvgIpc) is 2.82. The van der Waals surface area contributed by atoms with E-state index in [-0.39, 0.29) is 29.5 Å². The minimum Gasteiger partial charge on any atom is -0.483 e. The summed E-state index contributed by atoms with van der Waals surface area (Å²) in [6.07, 6.45) is 1.32. The lowest BCUT2D eigenvalue weighted by molar-refractivity contribution is -0.384. The molecule has 33 heavy (non-hydrogen) atoms. The summed E-state index contributed by atoms with van der Waals surface area (Å²) in [5, 5.41) is 25.5. The largest absolute Gasteiger partial charge is 0.483 e. The molecule has 0 fully saturated rings. The van der Waals surface area contributed by atoms with Crippen LogP contribution in [0.15, 0.2) is 84.4 Å². The molecule has 9 nitrogen and oxygen atoms in total. The fourth-order valence-corrected chi connectivity index (χ4v) is 2.79. The molecule has 0 bridgehead atoms. The van der Waals surface area contributed by atoms with Crippen LogP contribution < -0.4 is 15.4 Å². The third kappa shape index (κ3) is 6.50. The maximum atomic E-state index is 12.5. The van der Waals surface area contributed by atoms with Crippen LogP contribution >= 0.6 is 0 Å². The minimum atomic E-state index is -0.741. The monoisotopic (exact) mass is 442 g/mol. The van der Waals surface area contributed by atoms with Gasteiger partial charge in [0, 0.05) is 29.1 Å². The molecule has 9 heteroatoms. The van der Waals surface area contributed by atoms with Crippen LogP contribution in [0.2, 0.25) is 0 Å². The van der Waals surface area contributed by atoms with Gasteiger partial charge in [-0.1, -0.05) is 42.5 Å². The van der Waals surface area contributed by atoms with Gasteiger partial charge in [-0.25, -0.2) is 0 Å². The second-order valence-electron chi connectivity index (χ2n) is 6.67. The van der Waals surface area contributed by atoms with E-state index in [1.807, 2.05) is 12.1 Å². The van der Waals surface area contributed by atoms with E-state index in [1.54, 1.807) is 48.5 Å². The van der Waals surface area contributed by atoms with Crippen molar-refractivity contribution in [2.24, 2.45) is 0 Å². The van der Waals surface area contributed by atoms with Crippen molar-refractivity contribution >= 4 is 35.0 Å². The molecular weight excluding hydrogens is 424 g/mol. The van der Waals surface area contributed by atoms with Gasteiger partial charge in [-0.15, -0.1) is 0 Å². The number of amides is 2. The predicted molar refractivity (Wildman–Crippen MR) is 122 cm³/mol. The highest BCUT2D eigenvalue weighted by atomic mass is 16.6. The first-order valence-electron chi connectivity index (χ1n) is 9.70. The maximum absolute atomic E-state index is 12.5. The van der Waals surface area contributed by atoms with Gasteiger partial charge in [0.15, 0.2) is 6.61 Å². The molecule has 3 rings (SSSR count). The number of para-hydroxylation sites is 2. The summed E-state index contributed by atoms with van der Waals surface area (Å²) in [5.74, 6) is -0.810. The Bertz CT molecular complexity index is 1250. The molecular formula is C24H18N4O5. The van der Waals surface area contributed by atoms with Crippen LogP contribution in [0.4, 0.5) is 17.1 Å². The molecule has 3 aromatic rings. The summed E-state index contributed by atoms with van der Waals surface area (Å²) >= 11 is 0. The number of nitro groups is 1. The van der Waals surface area contributed by atoms with Gasteiger partial charge in [-0.05, 0) is 30.3 Å². The number of nitro benzene ring substituents is 1. The molecule has 164 valence electrons. The number of carbonyl (C=O) groups excluding carboxylic acids is 2. The van der Waals surface area contributed by atoms with Gasteiger partial charge in [-0.2, -0.15) is 5.26 Å².